The molecular weight excluding hydrogens is 418 g/mol. The van der Waals surface area contributed by atoms with Crippen molar-refractivity contribution in [3.8, 4) is 22.8 Å². The molecule has 0 radical (unpaired) electrons. The Hall–Kier alpha value is -3.78. The maximum atomic E-state index is 13.1. The fraction of sp³-hybridized carbons (Fsp3) is 0.280. The molecule has 0 unspecified atom stereocenters. The van der Waals surface area contributed by atoms with E-state index in [0.29, 0.717) is 10.8 Å². The van der Waals surface area contributed by atoms with Crippen LogP contribution < -0.4 is 15.2 Å². The van der Waals surface area contributed by atoms with Crippen LogP contribution in [-0.2, 0) is 4.74 Å². The van der Waals surface area contributed by atoms with Gasteiger partial charge in [0.15, 0.2) is 0 Å². The summed E-state index contributed by atoms with van der Waals surface area (Å²) in [6, 6.07) is 11.7. The lowest BCUT2D eigenvalue weighted by Gasteiger charge is -2.55. The molecule has 4 aromatic rings. The number of fused-ring (bicyclic) bond motifs is 1. The lowest BCUT2D eigenvalue weighted by Crippen LogP contribution is -2.66. The highest BCUT2D eigenvalue weighted by Crippen LogP contribution is 2.39. The molecule has 0 amide bonds. The Labute approximate surface area is 190 Å². The number of hydrogen-bond donors (Lipinski definition) is 0. The van der Waals surface area contributed by atoms with Crippen molar-refractivity contribution >= 4 is 16.5 Å². The van der Waals surface area contributed by atoms with Gasteiger partial charge in [-0.2, -0.15) is 9.78 Å². The third-order valence-corrected chi connectivity index (χ3v) is 6.65. The van der Waals surface area contributed by atoms with Gasteiger partial charge in [-0.15, -0.1) is 0 Å². The molecule has 166 valence electrons. The van der Waals surface area contributed by atoms with Crippen LogP contribution in [0.5, 0.6) is 5.75 Å². The molecule has 0 saturated carbocycles. The van der Waals surface area contributed by atoms with Crippen LogP contribution in [0, 0.1) is 12.3 Å². The monoisotopic (exact) mass is 441 g/mol. The Balaban J connectivity index is 1.30. The summed E-state index contributed by atoms with van der Waals surface area (Å²) in [4.78, 5) is 24.2. The van der Waals surface area contributed by atoms with Gasteiger partial charge in [0.05, 0.1) is 55.4 Å². The number of hydrogen-bond acceptors (Lipinski definition) is 7. The first-order chi connectivity index (χ1) is 16.1. The molecule has 2 aliphatic rings. The molecule has 33 heavy (non-hydrogen) atoms. The second-order valence-electron chi connectivity index (χ2n) is 8.89. The van der Waals surface area contributed by atoms with Crippen LogP contribution in [0.1, 0.15) is 5.56 Å². The molecule has 2 aromatic heterocycles. The van der Waals surface area contributed by atoms with Gasteiger partial charge < -0.3 is 14.4 Å². The van der Waals surface area contributed by atoms with E-state index in [-0.39, 0.29) is 11.5 Å². The Bertz CT molecular complexity index is 1420. The second-order valence-corrected chi connectivity index (χ2v) is 8.89. The van der Waals surface area contributed by atoms with Crippen molar-refractivity contribution in [3.63, 3.8) is 0 Å². The van der Waals surface area contributed by atoms with Gasteiger partial charge in [-0.3, -0.25) is 4.79 Å². The minimum Gasteiger partial charge on any atom is -0.496 e. The van der Waals surface area contributed by atoms with Crippen LogP contribution in [0.3, 0.4) is 0 Å². The third kappa shape index (κ3) is 3.17. The first-order valence-electron chi connectivity index (χ1n) is 10.9. The average Bonchev–Trinajstić information content (AvgIpc) is 2.78. The molecule has 0 atom stereocenters. The molecule has 0 bridgehead atoms. The highest BCUT2D eigenvalue weighted by atomic mass is 16.5. The van der Waals surface area contributed by atoms with Crippen LogP contribution >= 0.6 is 0 Å². The number of nitrogens with zero attached hydrogens (tertiary/aromatic N) is 5. The molecule has 0 N–H and O–H groups in total. The molecule has 8 nitrogen and oxygen atoms in total. The van der Waals surface area contributed by atoms with Crippen molar-refractivity contribution in [2.75, 3.05) is 38.3 Å². The summed E-state index contributed by atoms with van der Waals surface area (Å²) >= 11 is 0. The van der Waals surface area contributed by atoms with Gasteiger partial charge in [0.25, 0.3) is 11.5 Å². The van der Waals surface area contributed by atoms with E-state index in [9.17, 15) is 4.79 Å². The average molecular weight is 441 g/mol. The summed E-state index contributed by atoms with van der Waals surface area (Å²) in [6.45, 7) is 5.60. The Morgan fingerprint density at radius 2 is 1.85 bits per heavy atom. The van der Waals surface area contributed by atoms with Gasteiger partial charge in [0.2, 0.25) is 0 Å². The number of ether oxygens (including phenoxy) is 2. The highest BCUT2D eigenvalue weighted by Gasteiger charge is 2.49. The normalized spacial score (nSPS) is 16.5. The first kappa shape index (κ1) is 19.9. The molecule has 2 fully saturated rings. The zero-order chi connectivity index (χ0) is 22.6. The molecule has 1 spiro atoms. The molecule has 2 saturated heterocycles. The highest BCUT2D eigenvalue weighted by molar-refractivity contribution is 5.87. The van der Waals surface area contributed by atoms with E-state index in [1.54, 1.807) is 25.7 Å². The van der Waals surface area contributed by atoms with Crippen molar-refractivity contribution in [1.82, 2.24) is 19.7 Å². The summed E-state index contributed by atoms with van der Waals surface area (Å²) in [6.07, 6.45) is 5.19. The van der Waals surface area contributed by atoms with Crippen molar-refractivity contribution < 1.29 is 9.47 Å². The third-order valence-electron chi connectivity index (χ3n) is 6.65. The summed E-state index contributed by atoms with van der Waals surface area (Å²) in [5.41, 5.74) is 4.13. The van der Waals surface area contributed by atoms with Crippen molar-refractivity contribution in [1.29, 1.82) is 0 Å². The van der Waals surface area contributed by atoms with Crippen LogP contribution in [0.4, 0.5) is 5.69 Å². The fourth-order valence-electron chi connectivity index (χ4n) is 4.72. The smallest absolute Gasteiger partial charge is 0.282 e. The lowest BCUT2D eigenvalue weighted by atomic mass is 9.78. The maximum Gasteiger partial charge on any atom is 0.282 e. The van der Waals surface area contributed by atoms with Crippen LogP contribution in [0.25, 0.3) is 27.8 Å². The largest absolute Gasteiger partial charge is 0.496 e. The minimum atomic E-state index is -0.247. The molecule has 6 rings (SSSR count). The predicted molar refractivity (Wildman–Crippen MR) is 125 cm³/mol. The zero-order valence-corrected chi connectivity index (χ0v) is 18.5. The number of benzene rings is 2. The van der Waals surface area contributed by atoms with Crippen molar-refractivity contribution in [3.05, 3.63) is 70.9 Å². The Morgan fingerprint density at radius 3 is 2.55 bits per heavy atom. The topological polar surface area (TPSA) is 82.4 Å². The quantitative estimate of drug-likeness (QED) is 0.481. The van der Waals surface area contributed by atoms with Crippen molar-refractivity contribution in [2.45, 2.75) is 6.92 Å². The SMILES string of the molecule is COc1cccc(-c2ccc3c(=O)n(-c4ncc(N5CC6(COC6)C5)cn4)ncc3c2)c1C. The number of rotatable bonds is 4. The van der Waals surface area contributed by atoms with E-state index in [4.69, 9.17) is 9.47 Å². The summed E-state index contributed by atoms with van der Waals surface area (Å²) in [5.74, 6) is 1.09. The lowest BCUT2D eigenvalue weighted by molar-refractivity contribution is -0.127. The van der Waals surface area contributed by atoms with E-state index in [0.717, 1.165) is 59.8 Å². The van der Waals surface area contributed by atoms with Gasteiger partial charge in [-0.05, 0) is 41.8 Å². The van der Waals surface area contributed by atoms with Gasteiger partial charge >= 0.3 is 0 Å². The second kappa shape index (κ2) is 7.38. The number of anilines is 1. The summed E-state index contributed by atoms with van der Waals surface area (Å²) < 4.78 is 12.0. The van der Waals surface area contributed by atoms with Gasteiger partial charge in [-0.25, -0.2) is 9.97 Å². The molecule has 0 aliphatic carbocycles. The summed E-state index contributed by atoms with van der Waals surface area (Å²) in [7, 11) is 1.66. The van der Waals surface area contributed by atoms with E-state index < -0.39 is 0 Å². The zero-order valence-electron chi connectivity index (χ0n) is 18.5. The first-order valence-corrected chi connectivity index (χ1v) is 10.9. The van der Waals surface area contributed by atoms with E-state index >= 15 is 0 Å². The van der Waals surface area contributed by atoms with E-state index in [2.05, 4.69) is 20.0 Å². The predicted octanol–water partition coefficient (Wildman–Crippen LogP) is 3.00. The van der Waals surface area contributed by atoms with Gasteiger partial charge in [0.1, 0.15) is 5.75 Å². The van der Waals surface area contributed by atoms with Gasteiger partial charge in [-0.1, -0.05) is 18.2 Å². The fourth-order valence-corrected chi connectivity index (χ4v) is 4.72. The minimum absolute atomic E-state index is 0.247. The molecule has 4 heterocycles. The summed E-state index contributed by atoms with van der Waals surface area (Å²) in [5, 5.41) is 5.68. The standard InChI is InChI=1S/C25H23N5O3/c1-16-20(4-3-5-22(16)32-2)17-6-7-21-18(8-17)9-28-30(23(21)31)24-26-10-19(11-27-24)29-12-25(13-29)14-33-15-25/h3-11H,12-15H2,1-2H3. The number of aromatic nitrogens is 4. The Kier molecular flexibility index (Phi) is 4.45. The van der Waals surface area contributed by atoms with Crippen LogP contribution in [-0.4, -0.2) is 53.2 Å². The molecular formula is C25H23N5O3. The van der Waals surface area contributed by atoms with Gasteiger partial charge in [0, 0.05) is 18.5 Å². The van der Waals surface area contributed by atoms with Crippen LogP contribution in [0.2, 0.25) is 0 Å². The van der Waals surface area contributed by atoms with E-state index in [1.165, 1.54) is 4.68 Å². The maximum absolute atomic E-state index is 13.1. The van der Waals surface area contributed by atoms with E-state index in [1.807, 2.05) is 43.3 Å². The molecule has 8 heteroatoms. The van der Waals surface area contributed by atoms with Crippen molar-refractivity contribution in [2.24, 2.45) is 5.41 Å². The number of methoxy groups -OCH3 is 1. The van der Waals surface area contributed by atoms with Crippen LogP contribution in [0.15, 0.2) is 59.8 Å². The molecule has 2 aromatic carbocycles. The Morgan fingerprint density at radius 1 is 1.06 bits per heavy atom. The molecule has 2 aliphatic heterocycles.